The van der Waals surface area contributed by atoms with E-state index in [1.165, 1.54) is 22.2 Å². The lowest BCUT2D eigenvalue weighted by Gasteiger charge is -2.11. The molecule has 4 nitrogen and oxygen atoms in total. The van der Waals surface area contributed by atoms with Crippen LogP contribution in [-0.2, 0) is 4.79 Å². The third-order valence-electron chi connectivity index (χ3n) is 3.01. The minimum Gasteiger partial charge on any atom is -0.352 e. The number of rotatable bonds is 5. The van der Waals surface area contributed by atoms with E-state index in [1.807, 2.05) is 6.92 Å². The smallest absolute Gasteiger partial charge is 0.233 e. The molecule has 0 saturated carbocycles. The molecule has 0 aliphatic carbocycles. The number of carbonyl (C=O) groups is 1. The number of nitrogens with one attached hydrogen (secondary N) is 1. The third kappa shape index (κ3) is 3.02. The van der Waals surface area contributed by atoms with Crippen molar-refractivity contribution in [2.75, 3.05) is 6.54 Å². The number of carbonyl (C=O) groups excluding carboxylic acids is 1. The first-order chi connectivity index (χ1) is 9.54. The molecule has 2 heterocycles. The predicted octanol–water partition coefficient (Wildman–Crippen LogP) is 3.09. The first-order valence-corrected chi connectivity index (χ1v) is 8.00. The van der Waals surface area contributed by atoms with Gasteiger partial charge in [-0.2, -0.15) is 0 Å². The molecule has 0 aliphatic heterocycles. The highest BCUT2D eigenvalue weighted by molar-refractivity contribution is 8.00. The van der Waals surface area contributed by atoms with E-state index in [4.69, 9.17) is 0 Å². The Morgan fingerprint density at radius 1 is 1.55 bits per heavy atom. The molecule has 0 saturated heterocycles. The molecular weight excluding hydrogens is 290 g/mol. The Balaban J connectivity index is 2.25. The van der Waals surface area contributed by atoms with Gasteiger partial charge in [-0.05, 0) is 26.3 Å². The maximum Gasteiger partial charge on any atom is 0.233 e. The van der Waals surface area contributed by atoms with Gasteiger partial charge in [-0.15, -0.1) is 17.9 Å². The van der Waals surface area contributed by atoms with Crippen molar-refractivity contribution < 1.29 is 4.79 Å². The number of hydrogen-bond donors (Lipinski definition) is 1. The van der Waals surface area contributed by atoms with Crippen LogP contribution in [0.5, 0.6) is 0 Å². The summed E-state index contributed by atoms with van der Waals surface area (Å²) in [6, 6.07) is 0. The zero-order chi connectivity index (χ0) is 14.7. The molecule has 1 unspecified atom stereocenters. The summed E-state index contributed by atoms with van der Waals surface area (Å²) in [6.45, 7) is 10.1. The van der Waals surface area contributed by atoms with Gasteiger partial charge in [0, 0.05) is 16.8 Å². The number of aromatic nitrogens is 2. The lowest BCUT2D eigenvalue weighted by molar-refractivity contribution is -0.120. The van der Waals surface area contributed by atoms with Crippen LogP contribution in [0.3, 0.4) is 0 Å². The number of amides is 1. The third-order valence-corrected chi connectivity index (χ3v) is 5.22. The van der Waals surface area contributed by atoms with Gasteiger partial charge in [0.05, 0.1) is 5.25 Å². The molecule has 1 N–H and O–H groups in total. The van der Waals surface area contributed by atoms with Crippen molar-refractivity contribution in [3.05, 3.63) is 29.4 Å². The second-order valence-corrected chi connectivity index (χ2v) is 6.97. The largest absolute Gasteiger partial charge is 0.352 e. The van der Waals surface area contributed by atoms with Gasteiger partial charge in [-0.1, -0.05) is 17.8 Å². The molecule has 106 valence electrons. The Morgan fingerprint density at radius 2 is 2.30 bits per heavy atom. The summed E-state index contributed by atoms with van der Waals surface area (Å²) in [5.74, 6) is -0.00809. The molecule has 2 aromatic heterocycles. The van der Waals surface area contributed by atoms with E-state index < -0.39 is 0 Å². The van der Waals surface area contributed by atoms with Gasteiger partial charge in [-0.3, -0.25) is 4.79 Å². The summed E-state index contributed by atoms with van der Waals surface area (Å²) in [4.78, 5) is 22.8. The van der Waals surface area contributed by atoms with E-state index in [2.05, 4.69) is 35.7 Å². The van der Waals surface area contributed by atoms with Crippen molar-refractivity contribution in [2.45, 2.75) is 31.0 Å². The van der Waals surface area contributed by atoms with Crippen LogP contribution >= 0.6 is 23.1 Å². The number of nitrogens with zero attached hydrogens (tertiary/aromatic N) is 2. The van der Waals surface area contributed by atoms with Crippen molar-refractivity contribution in [3.8, 4) is 0 Å². The van der Waals surface area contributed by atoms with Crippen LogP contribution in [0.25, 0.3) is 10.2 Å². The predicted molar refractivity (Wildman–Crippen MR) is 85.4 cm³/mol. The average molecular weight is 307 g/mol. The lowest BCUT2D eigenvalue weighted by Crippen LogP contribution is -2.30. The molecule has 0 aliphatic rings. The molecule has 0 spiro atoms. The van der Waals surface area contributed by atoms with Crippen LogP contribution in [-0.4, -0.2) is 27.7 Å². The highest BCUT2D eigenvalue weighted by Gasteiger charge is 2.18. The molecule has 0 radical (unpaired) electrons. The summed E-state index contributed by atoms with van der Waals surface area (Å²) in [7, 11) is 0. The fraction of sp³-hybridized carbons (Fsp3) is 0.357. The highest BCUT2D eigenvalue weighted by Crippen LogP contribution is 2.35. The fourth-order valence-corrected chi connectivity index (χ4v) is 3.84. The van der Waals surface area contributed by atoms with Crippen LogP contribution < -0.4 is 5.32 Å². The summed E-state index contributed by atoms with van der Waals surface area (Å²) in [5.41, 5.74) is 1.20. The molecule has 0 aromatic carbocycles. The van der Waals surface area contributed by atoms with E-state index >= 15 is 0 Å². The van der Waals surface area contributed by atoms with Crippen LogP contribution in [0, 0.1) is 13.8 Å². The Labute approximate surface area is 126 Å². The van der Waals surface area contributed by atoms with Crippen molar-refractivity contribution in [3.63, 3.8) is 0 Å². The van der Waals surface area contributed by atoms with Crippen LogP contribution in [0.4, 0.5) is 0 Å². The monoisotopic (exact) mass is 307 g/mol. The van der Waals surface area contributed by atoms with E-state index in [-0.39, 0.29) is 11.2 Å². The Morgan fingerprint density at radius 3 is 3.00 bits per heavy atom. The lowest BCUT2D eigenvalue weighted by atomic mass is 10.2. The van der Waals surface area contributed by atoms with Crippen molar-refractivity contribution in [1.82, 2.24) is 15.3 Å². The van der Waals surface area contributed by atoms with Crippen LogP contribution in [0.15, 0.2) is 24.0 Å². The first kappa shape index (κ1) is 15.0. The first-order valence-electron chi connectivity index (χ1n) is 6.30. The normalized spacial score (nSPS) is 12.3. The molecule has 2 aromatic rings. The summed E-state index contributed by atoms with van der Waals surface area (Å²) >= 11 is 3.13. The molecule has 2 rings (SSSR count). The van der Waals surface area contributed by atoms with Gasteiger partial charge in [0.25, 0.3) is 0 Å². The topological polar surface area (TPSA) is 54.9 Å². The van der Waals surface area contributed by atoms with E-state index in [9.17, 15) is 4.79 Å². The van der Waals surface area contributed by atoms with Crippen molar-refractivity contribution >= 4 is 39.2 Å². The van der Waals surface area contributed by atoms with E-state index in [0.717, 1.165) is 15.2 Å². The van der Waals surface area contributed by atoms with Crippen molar-refractivity contribution in [2.24, 2.45) is 0 Å². The highest BCUT2D eigenvalue weighted by atomic mass is 32.2. The average Bonchev–Trinajstić information content (AvgIpc) is 2.72. The van der Waals surface area contributed by atoms with Gasteiger partial charge in [0.1, 0.15) is 16.2 Å². The molecule has 20 heavy (non-hydrogen) atoms. The van der Waals surface area contributed by atoms with E-state index in [1.54, 1.807) is 23.7 Å². The fourth-order valence-electron chi connectivity index (χ4n) is 1.78. The quantitative estimate of drug-likeness (QED) is 0.524. The number of aryl methyl sites for hydroxylation is 2. The second-order valence-electron chi connectivity index (χ2n) is 4.44. The number of thiophene rings is 1. The molecular formula is C14H17N3OS2. The standard InChI is InChI=1S/C14H17N3OS2/c1-5-6-15-12(18)10(4)20-14-11-8(2)9(3)19-13(11)16-7-17-14/h5,7,10H,1,6H2,2-4H3,(H,15,18). The minimum absolute atomic E-state index is 0.00809. The number of fused-ring (bicyclic) bond motifs is 1. The number of hydrogen-bond acceptors (Lipinski definition) is 5. The molecule has 1 amide bonds. The zero-order valence-corrected chi connectivity index (χ0v) is 13.4. The van der Waals surface area contributed by atoms with Gasteiger partial charge >= 0.3 is 0 Å². The van der Waals surface area contributed by atoms with E-state index in [0.29, 0.717) is 6.54 Å². The summed E-state index contributed by atoms with van der Waals surface area (Å²) in [5, 5.41) is 4.55. The summed E-state index contributed by atoms with van der Waals surface area (Å²) < 4.78 is 0. The van der Waals surface area contributed by atoms with Crippen LogP contribution in [0.1, 0.15) is 17.4 Å². The summed E-state index contributed by atoms with van der Waals surface area (Å²) in [6.07, 6.45) is 3.24. The maximum absolute atomic E-state index is 11.9. The zero-order valence-electron chi connectivity index (χ0n) is 11.8. The molecule has 6 heteroatoms. The Kier molecular flexibility index (Phi) is 4.77. The Bertz CT molecular complexity index is 651. The van der Waals surface area contributed by atoms with Crippen LogP contribution in [0.2, 0.25) is 0 Å². The van der Waals surface area contributed by atoms with Gasteiger partial charge in [-0.25, -0.2) is 9.97 Å². The van der Waals surface area contributed by atoms with Crippen molar-refractivity contribution in [1.29, 1.82) is 0 Å². The molecule has 0 bridgehead atoms. The molecule has 1 atom stereocenters. The second kappa shape index (κ2) is 6.37. The SMILES string of the molecule is C=CCNC(=O)C(C)Sc1ncnc2sc(C)c(C)c12. The van der Waals surface area contributed by atoms with Gasteiger partial charge in [0.15, 0.2) is 0 Å². The number of thioether (sulfide) groups is 1. The Hall–Kier alpha value is -1.40. The maximum atomic E-state index is 11.9. The van der Waals surface area contributed by atoms with Gasteiger partial charge in [0.2, 0.25) is 5.91 Å². The minimum atomic E-state index is -0.201. The molecule has 0 fully saturated rings. The van der Waals surface area contributed by atoms with Gasteiger partial charge < -0.3 is 5.32 Å².